The molecule has 1 aromatic carbocycles. The first kappa shape index (κ1) is 13.5. The lowest BCUT2D eigenvalue weighted by Gasteiger charge is -2.10. The highest BCUT2D eigenvalue weighted by atomic mass is 31.2. The van der Waals surface area contributed by atoms with Gasteiger partial charge in [0.25, 0.3) is 0 Å². The van der Waals surface area contributed by atoms with Gasteiger partial charge in [-0.2, -0.15) is 0 Å². The minimum absolute atomic E-state index is 0.165. The van der Waals surface area contributed by atoms with E-state index in [9.17, 15) is 13.8 Å². The molecule has 0 bridgehead atoms. The van der Waals surface area contributed by atoms with Gasteiger partial charge in [0.2, 0.25) is 5.56 Å². The molecule has 1 aliphatic rings. The van der Waals surface area contributed by atoms with Crippen molar-refractivity contribution in [1.29, 1.82) is 0 Å². The molecule has 106 valence electrons. The molecule has 1 saturated carbocycles. The summed E-state index contributed by atoms with van der Waals surface area (Å²) in [6.07, 6.45) is 1.28. The van der Waals surface area contributed by atoms with Gasteiger partial charge < -0.3 is 14.8 Å². The van der Waals surface area contributed by atoms with Crippen molar-refractivity contribution in [2.24, 2.45) is 0 Å². The summed E-state index contributed by atoms with van der Waals surface area (Å²) in [5.74, 6) is -0.202. The lowest BCUT2D eigenvalue weighted by molar-refractivity contribution is 0.372. The van der Waals surface area contributed by atoms with E-state index < -0.39 is 19.3 Å². The van der Waals surface area contributed by atoms with E-state index in [1.807, 2.05) is 0 Å². The first-order chi connectivity index (χ1) is 9.33. The summed E-state index contributed by atoms with van der Waals surface area (Å²) in [5, 5.41) is 0.342. The van der Waals surface area contributed by atoms with E-state index in [1.54, 1.807) is 6.07 Å². The first-order valence-electron chi connectivity index (χ1n) is 6.23. The Morgan fingerprint density at radius 1 is 1.30 bits per heavy atom. The normalized spacial score (nSPS) is 15.8. The number of nitrogens with one attached hydrogen (secondary N) is 1. The van der Waals surface area contributed by atoms with Crippen LogP contribution in [0.5, 0.6) is 0 Å². The molecule has 5 nitrogen and oxygen atoms in total. The summed E-state index contributed by atoms with van der Waals surface area (Å²) >= 11 is 0. The summed E-state index contributed by atoms with van der Waals surface area (Å²) in [6.45, 7) is 0. The fourth-order valence-corrected chi connectivity index (χ4v) is 3.13. The zero-order valence-corrected chi connectivity index (χ0v) is 11.4. The third-order valence-corrected chi connectivity index (χ3v) is 4.19. The molecule has 20 heavy (non-hydrogen) atoms. The molecule has 0 amide bonds. The lowest BCUT2D eigenvalue weighted by Crippen LogP contribution is -2.07. The molecular formula is C13H13FNO4P. The van der Waals surface area contributed by atoms with Gasteiger partial charge in [-0.15, -0.1) is 0 Å². The van der Waals surface area contributed by atoms with Gasteiger partial charge in [0, 0.05) is 17.0 Å². The minimum atomic E-state index is -4.32. The van der Waals surface area contributed by atoms with Crippen LogP contribution < -0.4 is 5.56 Å². The smallest absolute Gasteiger partial charge is 0.324 e. The van der Waals surface area contributed by atoms with Crippen LogP contribution in [-0.4, -0.2) is 14.8 Å². The maximum Gasteiger partial charge on any atom is 0.329 e. The molecule has 2 aromatic rings. The lowest BCUT2D eigenvalue weighted by atomic mass is 10.0. The Balaban J connectivity index is 2.22. The number of fused-ring (bicyclic) bond motifs is 1. The van der Waals surface area contributed by atoms with Crippen molar-refractivity contribution in [3.63, 3.8) is 0 Å². The fourth-order valence-electron chi connectivity index (χ4n) is 2.42. The Hall–Kier alpha value is -1.49. The van der Waals surface area contributed by atoms with Gasteiger partial charge in [-0.3, -0.25) is 9.36 Å². The third-order valence-electron chi connectivity index (χ3n) is 3.44. The number of pyridine rings is 1. The number of hydrogen-bond acceptors (Lipinski definition) is 2. The fraction of sp³-hybridized carbons (Fsp3) is 0.308. The van der Waals surface area contributed by atoms with Crippen LogP contribution in [0.4, 0.5) is 4.39 Å². The van der Waals surface area contributed by atoms with E-state index in [1.165, 1.54) is 6.07 Å². The SMILES string of the molecule is O=c1cc(CP(=O)(O)O)c2cc(F)c(C3CC3)cc2[nH]1. The molecule has 0 spiro atoms. The zero-order chi connectivity index (χ0) is 14.5. The van der Waals surface area contributed by atoms with Crippen LogP contribution in [-0.2, 0) is 10.7 Å². The predicted molar refractivity (Wildman–Crippen MR) is 72.2 cm³/mol. The molecule has 3 N–H and O–H groups in total. The number of aromatic nitrogens is 1. The highest BCUT2D eigenvalue weighted by Crippen LogP contribution is 2.44. The average Bonchev–Trinajstić information content (AvgIpc) is 3.11. The molecule has 1 aliphatic carbocycles. The monoisotopic (exact) mass is 297 g/mol. The predicted octanol–water partition coefficient (Wildman–Crippen LogP) is 2.22. The Bertz CT molecular complexity index is 791. The highest BCUT2D eigenvalue weighted by Gasteiger charge is 2.27. The largest absolute Gasteiger partial charge is 0.329 e. The average molecular weight is 297 g/mol. The zero-order valence-electron chi connectivity index (χ0n) is 10.5. The Morgan fingerprint density at radius 2 is 2.00 bits per heavy atom. The van der Waals surface area contributed by atoms with Crippen molar-refractivity contribution >= 4 is 18.5 Å². The summed E-state index contributed by atoms with van der Waals surface area (Å²) in [7, 11) is -4.32. The molecule has 1 aromatic heterocycles. The Kier molecular flexibility index (Phi) is 3.05. The number of benzene rings is 1. The second-order valence-electron chi connectivity index (χ2n) is 5.18. The molecule has 0 saturated heterocycles. The van der Waals surface area contributed by atoms with E-state index >= 15 is 0 Å². The van der Waals surface area contributed by atoms with Crippen LogP contribution >= 0.6 is 7.60 Å². The van der Waals surface area contributed by atoms with E-state index in [0.29, 0.717) is 16.5 Å². The van der Waals surface area contributed by atoms with Crippen LogP contribution in [0.1, 0.15) is 29.9 Å². The number of halogens is 1. The maximum absolute atomic E-state index is 14.0. The first-order valence-corrected chi connectivity index (χ1v) is 8.03. The van der Waals surface area contributed by atoms with Crippen LogP contribution in [0.15, 0.2) is 23.0 Å². The van der Waals surface area contributed by atoms with Crippen LogP contribution in [0.3, 0.4) is 0 Å². The Morgan fingerprint density at radius 3 is 2.60 bits per heavy atom. The van der Waals surface area contributed by atoms with Gasteiger partial charge >= 0.3 is 7.60 Å². The van der Waals surface area contributed by atoms with Gasteiger partial charge in [0.05, 0.1) is 6.16 Å². The molecule has 0 aliphatic heterocycles. The molecule has 0 radical (unpaired) electrons. The van der Waals surface area contributed by atoms with Gasteiger partial charge in [0.1, 0.15) is 5.82 Å². The van der Waals surface area contributed by atoms with Crippen LogP contribution in [0, 0.1) is 5.82 Å². The summed E-state index contributed by atoms with van der Waals surface area (Å²) in [4.78, 5) is 32.3. The van der Waals surface area contributed by atoms with E-state index in [2.05, 4.69) is 4.98 Å². The van der Waals surface area contributed by atoms with Crippen LogP contribution in [0.2, 0.25) is 0 Å². The highest BCUT2D eigenvalue weighted by molar-refractivity contribution is 7.50. The van der Waals surface area contributed by atoms with Crippen LogP contribution in [0.25, 0.3) is 10.9 Å². The number of hydrogen-bond donors (Lipinski definition) is 3. The van der Waals surface area contributed by atoms with Gasteiger partial charge in [-0.25, -0.2) is 4.39 Å². The molecule has 1 heterocycles. The van der Waals surface area contributed by atoms with Crippen molar-refractivity contribution in [2.75, 3.05) is 0 Å². The summed E-state index contributed by atoms with van der Waals surface area (Å²) < 4.78 is 25.2. The quantitative estimate of drug-likeness (QED) is 0.758. The van der Waals surface area contributed by atoms with E-state index in [4.69, 9.17) is 9.79 Å². The maximum atomic E-state index is 14.0. The molecule has 3 rings (SSSR count). The molecule has 1 fully saturated rings. The third kappa shape index (κ3) is 2.68. The van der Waals surface area contributed by atoms with Crippen molar-refractivity contribution < 1.29 is 18.7 Å². The molecule has 0 atom stereocenters. The van der Waals surface area contributed by atoms with E-state index in [0.717, 1.165) is 18.9 Å². The molecule has 0 unspecified atom stereocenters. The standard InChI is InChI=1S/C13H13FNO4P/c14-11-4-10-8(6-20(17,18)19)3-13(16)15-12(10)5-9(11)7-1-2-7/h3-5,7H,1-2,6H2,(H,15,16)(H2,17,18,19). The van der Waals surface area contributed by atoms with E-state index in [-0.39, 0.29) is 17.3 Å². The minimum Gasteiger partial charge on any atom is -0.324 e. The van der Waals surface area contributed by atoms with Crippen molar-refractivity contribution in [2.45, 2.75) is 24.9 Å². The van der Waals surface area contributed by atoms with Gasteiger partial charge in [0.15, 0.2) is 0 Å². The Labute approximate surface area is 113 Å². The topological polar surface area (TPSA) is 90.4 Å². The summed E-state index contributed by atoms with van der Waals surface area (Å²) in [5.41, 5.74) is 0.693. The van der Waals surface area contributed by atoms with Gasteiger partial charge in [-0.1, -0.05) is 0 Å². The van der Waals surface area contributed by atoms with Gasteiger partial charge in [-0.05, 0) is 42.0 Å². The number of rotatable bonds is 3. The summed E-state index contributed by atoms with van der Waals surface area (Å²) in [6, 6.07) is 3.94. The second kappa shape index (κ2) is 4.52. The van der Waals surface area contributed by atoms with Crippen molar-refractivity contribution in [3.8, 4) is 0 Å². The number of H-pyrrole nitrogens is 1. The van der Waals surface area contributed by atoms with Crippen molar-refractivity contribution in [1.82, 2.24) is 4.98 Å². The molecular weight excluding hydrogens is 284 g/mol. The number of aromatic amines is 1. The van der Waals surface area contributed by atoms with Crippen molar-refractivity contribution in [3.05, 3.63) is 45.5 Å². The molecule has 7 heteroatoms. The second-order valence-corrected chi connectivity index (χ2v) is 6.82.